The Hall–Kier alpha value is -2.86. The Labute approximate surface area is 162 Å². The molecule has 27 heavy (non-hydrogen) atoms. The Morgan fingerprint density at radius 2 is 1.81 bits per heavy atom. The van der Waals surface area contributed by atoms with E-state index in [0.717, 1.165) is 4.90 Å². The van der Waals surface area contributed by atoms with Gasteiger partial charge in [-0.05, 0) is 44.2 Å². The number of ether oxygens (including phenoxy) is 1. The predicted molar refractivity (Wildman–Crippen MR) is 102 cm³/mol. The summed E-state index contributed by atoms with van der Waals surface area (Å²) in [6, 6.07) is 11.7. The quantitative estimate of drug-likeness (QED) is 0.767. The topological polar surface area (TPSA) is 75.7 Å². The molecule has 0 bridgehead atoms. The number of hydrogen-bond donors (Lipinski definition) is 1. The maximum atomic E-state index is 12.4. The first-order valence-electron chi connectivity index (χ1n) is 8.58. The minimum absolute atomic E-state index is 0.0109. The second-order valence-corrected chi connectivity index (χ2v) is 6.85. The Kier molecular flexibility index (Phi) is 5.46. The molecule has 0 radical (unpaired) electrons. The van der Waals surface area contributed by atoms with Crippen LogP contribution in [0.25, 0.3) is 0 Å². The van der Waals surface area contributed by atoms with Gasteiger partial charge in [0, 0.05) is 18.0 Å². The smallest absolute Gasteiger partial charge is 0.261 e. The van der Waals surface area contributed by atoms with Crippen molar-refractivity contribution in [2.75, 3.05) is 11.9 Å². The van der Waals surface area contributed by atoms with E-state index >= 15 is 0 Å². The molecule has 3 amide bonds. The number of benzene rings is 2. The minimum Gasteiger partial charge on any atom is -0.489 e. The molecule has 1 aliphatic heterocycles. The van der Waals surface area contributed by atoms with Crippen LogP contribution < -0.4 is 10.1 Å². The highest BCUT2D eigenvalue weighted by Crippen LogP contribution is 2.27. The van der Waals surface area contributed by atoms with E-state index in [4.69, 9.17) is 16.3 Å². The van der Waals surface area contributed by atoms with Gasteiger partial charge in [-0.3, -0.25) is 19.3 Å². The number of fused-ring (bicyclic) bond motifs is 1. The Balaban J connectivity index is 1.64. The van der Waals surface area contributed by atoms with Crippen molar-refractivity contribution in [3.8, 4) is 5.75 Å². The van der Waals surface area contributed by atoms with Crippen molar-refractivity contribution < 1.29 is 19.1 Å². The van der Waals surface area contributed by atoms with Crippen LogP contribution in [0, 0.1) is 0 Å². The van der Waals surface area contributed by atoms with Gasteiger partial charge >= 0.3 is 0 Å². The van der Waals surface area contributed by atoms with E-state index in [-0.39, 0.29) is 30.5 Å². The molecule has 3 rings (SSSR count). The van der Waals surface area contributed by atoms with Gasteiger partial charge in [0.15, 0.2) is 0 Å². The number of carbonyl (C=O) groups excluding carboxylic acids is 3. The lowest BCUT2D eigenvalue weighted by molar-refractivity contribution is -0.116. The van der Waals surface area contributed by atoms with E-state index in [0.29, 0.717) is 22.0 Å². The number of hydrogen-bond acceptors (Lipinski definition) is 4. The van der Waals surface area contributed by atoms with Crippen LogP contribution in [0.3, 0.4) is 0 Å². The molecule has 2 aromatic carbocycles. The van der Waals surface area contributed by atoms with Crippen LogP contribution in [0.4, 0.5) is 5.69 Å². The van der Waals surface area contributed by atoms with Gasteiger partial charge < -0.3 is 10.1 Å². The van der Waals surface area contributed by atoms with Crippen LogP contribution in [0.15, 0.2) is 42.5 Å². The molecule has 2 aromatic rings. The number of halogens is 1. The fourth-order valence-electron chi connectivity index (χ4n) is 2.82. The summed E-state index contributed by atoms with van der Waals surface area (Å²) in [7, 11) is 0. The molecular formula is C20H19ClN2O4. The van der Waals surface area contributed by atoms with Gasteiger partial charge in [0.25, 0.3) is 11.8 Å². The zero-order valence-electron chi connectivity index (χ0n) is 15.0. The van der Waals surface area contributed by atoms with E-state index in [9.17, 15) is 14.4 Å². The van der Waals surface area contributed by atoms with Gasteiger partial charge in [-0.2, -0.15) is 0 Å². The third kappa shape index (κ3) is 4.11. The molecule has 0 aliphatic carbocycles. The number of para-hydroxylation sites is 2. The van der Waals surface area contributed by atoms with E-state index in [1.54, 1.807) is 24.3 Å². The molecule has 0 aromatic heterocycles. The molecule has 6 nitrogen and oxygen atoms in total. The summed E-state index contributed by atoms with van der Waals surface area (Å²) in [5.41, 5.74) is 1.12. The molecule has 0 saturated heterocycles. The first kappa shape index (κ1) is 18.9. The summed E-state index contributed by atoms with van der Waals surface area (Å²) in [5.74, 6) is -0.600. The Morgan fingerprint density at radius 1 is 1.11 bits per heavy atom. The average molecular weight is 387 g/mol. The third-order valence-electron chi connectivity index (χ3n) is 4.02. The Morgan fingerprint density at radius 3 is 2.56 bits per heavy atom. The van der Waals surface area contributed by atoms with Crippen LogP contribution in [-0.2, 0) is 4.79 Å². The highest BCUT2D eigenvalue weighted by atomic mass is 35.5. The van der Waals surface area contributed by atoms with Crippen molar-refractivity contribution >= 4 is 35.0 Å². The van der Waals surface area contributed by atoms with Crippen LogP contribution in [-0.4, -0.2) is 35.3 Å². The summed E-state index contributed by atoms with van der Waals surface area (Å²) in [6.45, 7) is 3.78. The second kappa shape index (κ2) is 7.80. The number of amides is 3. The van der Waals surface area contributed by atoms with Gasteiger partial charge in [-0.15, -0.1) is 0 Å². The van der Waals surface area contributed by atoms with Gasteiger partial charge in [-0.1, -0.05) is 23.7 Å². The van der Waals surface area contributed by atoms with E-state index in [2.05, 4.69) is 5.32 Å². The van der Waals surface area contributed by atoms with E-state index in [1.165, 1.54) is 12.1 Å². The van der Waals surface area contributed by atoms with E-state index in [1.807, 2.05) is 19.9 Å². The maximum absolute atomic E-state index is 12.4. The molecule has 0 saturated carbocycles. The van der Waals surface area contributed by atoms with Crippen molar-refractivity contribution in [2.45, 2.75) is 26.4 Å². The maximum Gasteiger partial charge on any atom is 0.261 e. The standard InChI is InChI=1S/C20H19ClN2O4/c1-12(2)27-17-6-4-3-5-16(17)22-18(24)9-10-23-19(25)14-8-7-13(21)11-15(14)20(23)26/h3-8,11-12H,9-10H2,1-2H3,(H,22,24). The van der Waals surface area contributed by atoms with Crippen molar-refractivity contribution in [2.24, 2.45) is 0 Å². The lowest BCUT2D eigenvalue weighted by Crippen LogP contribution is -2.32. The fraction of sp³-hybridized carbons (Fsp3) is 0.250. The molecule has 7 heteroatoms. The number of anilines is 1. The lowest BCUT2D eigenvalue weighted by Gasteiger charge is -2.16. The van der Waals surface area contributed by atoms with Crippen molar-refractivity contribution in [1.29, 1.82) is 0 Å². The van der Waals surface area contributed by atoms with Gasteiger partial charge in [0.1, 0.15) is 5.75 Å². The Bertz CT molecular complexity index is 911. The number of carbonyl (C=O) groups is 3. The van der Waals surface area contributed by atoms with Crippen LogP contribution in [0.5, 0.6) is 5.75 Å². The summed E-state index contributed by atoms with van der Waals surface area (Å²) >= 11 is 5.89. The van der Waals surface area contributed by atoms with Gasteiger partial charge in [0.2, 0.25) is 5.91 Å². The first-order chi connectivity index (χ1) is 12.9. The molecule has 140 valence electrons. The summed E-state index contributed by atoms with van der Waals surface area (Å²) in [4.78, 5) is 38.2. The summed E-state index contributed by atoms with van der Waals surface area (Å²) in [5, 5.41) is 3.15. The average Bonchev–Trinajstić information content (AvgIpc) is 2.85. The van der Waals surface area contributed by atoms with Gasteiger partial charge in [-0.25, -0.2) is 0 Å². The van der Waals surface area contributed by atoms with E-state index < -0.39 is 11.8 Å². The molecule has 0 spiro atoms. The number of rotatable bonds is 6. The number of imide groups is 1. The SMILES string of the molecule is CC(C)Oc1ccccc1NC(=O)CCN1C(=O)c2ccc(Cl)cc2C1=O. The predicted octanol–water partition coefficient (Wildman–Crippen LogP) is 3.75. The van der Waals surface area contributed by atoms with Crippen LogP contribution >= 0.6 is 11.6 Å². The monoisotopic (exact) mass is 386 g/mol. The second-order valence-electron chi connectivity index (χ2n) is 6.41. The molecule has 1 N–H and O–H groups in total. The summed E-state index contributed by atoms with van der Waals surface area (Å²) < 4.78 is 5.67. The zero-order valence-corrected chi connectivity index (χ0v) is 15.7. The van der Waals surface area contributed by atoms with Crippen LogP contribution in [0.2, 0.25) is 5.02 Å². The molecule has 0 fully saturated rings. The van der Waals surface area contributed by atoms with Crippen molar-refractivity contribution in [1.82, 2.24) is 4.90 Å². The highest BCUT2D eigenvalue weighted by molar-refractivity contribution is 6.32. The fourth-order valence-corrected chi connectivity index (χ4v) is 2.99. The largest absolute Gasteiger partial charge is 0.489 e. The zero-order chi connectivity index (χ0) is 19.6. The number of nitrogens with one attached hydrogen (secondary N) is 1. The number of nitrogens with zero attached hydrogens (tertiary/aromatic N) is 1. The normalized spacial score (nSPS) is 13.1. The van der Waals surface area contributed by atoms with Gasteiger partial charge in [0.05, 0.1) is 22.9 Å². The lowest BCUT2D eigenvalue weighted by atomic mass is 10.1. The molecule has 0 atom stereocenters. The first-order valence-corrected chi connectivity index (χ1v) is 8.96. The third-order valence-corrected chi connectivity index (χ3v) is 4.25. The molecule has 1 aliphatic rings. The minimum atomic E-state index is -0.436. The highest BCUT2D eigenvalue weighted by Gasteiger charge is 2.35. The molecule has 1 heterocycles. The molecular weight excluding hydrogens is 368 g/mol. The molecule has 0 unspecified atom stereocenters. The summed E-state index contributed by atoms with van der Waals surface area (Å²) in [6.07, 6.45) is -0.0527. The van der Waals surface area contributed by atoms with Crippen LogP contribution in [0.1, 0.15) is 41.0 Å². The van der Waals surface area contributed by atoms with Crippen molar-refractivity contribution in [3.05, 3.63) is 58.6 Å². The van der Waals surface area contributed by atoms with Crippen molar-refractivity contribution in [3.63, 3.8) is 0 Å².